The Morgan fingerprint density at radius 1 is 1.12 bits per heavy atom. The normalized spacial score (nSPS) is 16.6. The summed E-state index contributed by atoms with van der Waals surface area (Å²) in [6.07, 6.45) is -2.12. The molecule has 0 N–H and O–H groups in total. The minimum Gasteiger partial charge on any atom is -0.377 e. The van der Waals surface area contributed by atoms with Crippen molar-refractivity contribution in [3.05, 3.63) is 70.9 Å². The van der Waals surface area contributed by atoms with E-state index in [2.05, 4.69) is 0 Å². The molecule has 1 saturated heterocycles. The maximum absolute atomic E-state index is 13.2. The fraction of sp³-hybridized carbons (Fsp3) is 0.360. The molecule has 0 bridgehead atoms. The number of halogens is 3. The monoisotopic (exact) mass is 473 g/mol. The van der Waals surface area contributed by atoms with Gasteiger partial charge in [0.05, 0.1) is 24.8 Å². The lowest BCUT2D eigenvalue weighted by atomic mass is 10.0. The molecule has 6 nitrogen and oxygen atoms in total. The molecule has 1 aliphatic rings. The SMILES string of the molecule is CN(C)C(=O)c1ccc2c(c1)c(C[C@H]1COCCN1C(=O)c1cccc(C(F)(F)F)c1)cn2C. The summed E-state index contributed by atoms with van der Waals surface area (Å²) >= 11 is 0. The first-order valence-corrected chi connectivity index (χ1v) is 10.9. The molecule has 1 fully saturated rings. The van der Waals surface area contributed by atoms with Gasteiger partial charge in [0, 0.05) is 55.9 Å². The number of carbonyl (C=O) groups is 2. The second-order valence-electron chi connectivity index (χ2n) is 8.71. The first kappa shape index (κ1) is 23.8. The largest absolute Gasteiger partial charge is 0.416 e. The van der Waals surface area contributed by atoms with Crippen LogP contribution in [0.25, 0.3) is 10.9 Å². The summed E-state index contributed by atoms with van der Waals surface area (Å²) in [5.41, 5.74) is 1.58. The molecule has 0 aliphatic carbocycles. The summed E-state index contributed by atoms with van der Waals surface area (Å²) < 4.78 is 47.0. The van der Waals surface area contributed by atoms with Crippen LogP contribution in [-0.2, 0) is 24.4 Å². The van der Waals surface area contributed by atoms with Gasteiger partial charge in [0.2, 0.25) is 0 Å². The van der Waals surface area contributed by atoms with Crippen molar-refractivity contribution in [1.82, 2.24) is 14.4 Å². The molecule has 0 spiro atoms. The molecule has 2 amide bonds. The number of benzene rings is 2. The number of alkyl halides is 3. The predicted octanol–water partition coefficient (Wildman–Crippen LogP) is 3.98. The van der Waals surface area contributed by atoms with E-state index >= 15 is 0 Å². The summed E-state index contributed by atoms with van der Waals surface area (Å²) in [6.45, 7) is 0.879. The number of rotatable bonds is 4. The van der Waals surface area contributed by atoms with Crippen molar-refractivity contribution >= 4 is 22.7 Å². The maximum atomic E-state index is 13.2. The van der Waals surface area contributed by atoms with Crippen molar-refractivity contribution in [2.45, 2.75) is 18.6 Å². The van der Waals surface area contributed by atoms with Crippen molar-refractivity contribution in [2.75, 3.05) is 33.9 Å². The van der Waals surface area contributed by atoms with Crippen LogP contribution in [0.1, 0.15) is 31.8 Å². The first-order chi connectivity index (χ1) is 16.1. The fourth-order valence-corrected chi connectivity index (χ4v) is 4.37. The van der Waals surface area contributed by atoms with Crippen molar-refractivity contribution < 1.29 is 27.5 Å². The second kappa shape index (κ2) is 9.13. The van der Waals surface area contributed by atoms with Crippen LogP contribution < -0.4 is 0 Å². The van der Waals surface area contributed by atoms with Gasteiger partial charge in [-0.3, -0.25) is 9.59 Å². The second-order valence-corrected chi connectivity index (χ2v) is 8.71. The van der Waals surface area contributed by atoms with E-state index in [1.807, 2.05) is 29.9 Å². The van der Waals surface area contributed by atoms with Gasteiger partial charge in [-0.15, -0.1) is 0 Å². The Kier molecular flexibility index (Phi) is 6.40. The zero-order chi connectivity index (χ0) is 24.6. The highest BCUT2D eigenvalue weighted by Gasteiger charge is 2.33. The van der Waals surface area contributed by atoms with E-state index in [1.165, 1.54) is 17.0 Å². The van der Waals surface area contributed by atoms with E-state index in [4.69, 9.17) is 4.74 Å². The van der Waals surface area contributed by atoms with E-state index in [0.717, 1.165) is 28.6 Å². The third-order valence-electron chi connectivity index (χ3n) is 6.11. The van der Waals surface area contributed by atoms with Crippen molar-refractivity contribution in [1.29, 1.82) is 0 Å². The molecule has 1 aromatic heterocycles. The lowest BCUT2D eigenvalue weighted by molar-refractivity contribution is -0.137. The molecular weight excluding hydrogens is 447 g/mol. The van der Waals surface area contributed by atoms with E-state index in [0.29, 0.717) is 18.6 Å². The van der Waals surface area contributed by atoms with Crippen molar-refractivity contribution in [2.24, 2.45) is 7.05 Å². The number of hydrogen-bond acceptors (Lipinski definition) is 3. The quantitative estimate of drug-likeness (QED) is 0.576. The molecule has 2 heterocycles. The molecule has 1 aliphatic heterocycles. The van der Waals surface area contributed by atoms with Crippen LogP contribution in [0.5, 0.6) is 0 Å². The van der Waals surface area contributed by atoms with Crippen LogP contribution in [-0.4, -0.2) is 66.1 Å². The molecule has 9 heteroatoms. The number of ether oxygens (including phenoxy) is 1. The number of aromatic nitrogens is 1. The van der Waals surface area contributed by atoms with Gasteiger partial charge in [-0.2, -0.15) is 13.2 Å². The molecule has 180 valence electrons. The molecule has 3 aromatic rings. The van der Waals surface area contributed by atoms with Gasteiger partial charge in [-0.05, 0) is 48.4 Å². The minimum absolute atomic E-state index is 0.00138. The summed E-state index contributed by atoms with van der Waals surface area (Å²) in [7, 11) is 5.28. The van der Waals surface area contributed by atoms with Crippen LogP contribution in [0.3, 0.4) is 0 Å². The summed E-state index contributed by atoms with van der Waals surface area (Å²) in [5, 5.41) is 0.896. The van der Waals surface area contributed by atoms with Crippen LogP contribution in [0.2, 0.25) is 0 Å². The molecule has 4 rings (SSSR count). The van der Waals surface area contributed by atoms with Gasteiger partial charge in [0.25, 0.3) is 11.8 Å². The fourth-order valence-electron chi connectivity index (χ4n) is 4.37. The lowest BCUT2D eigenvalue weighted by Gasteiger charge is -2.36. The van der Waals surface area contributed by atoms with Crippen molar-refractivity contribution in [3.63, 3.8) is 0 Å². The first-order valence-electron chi connectivity index (χ1n) is 10.9. The number of carbonyl (C=O) groups excluding carboxylic acids is 2. The minimum atomic E-state index is -4.52. The summed E-state index contributed by atoms with van der Waals surface area (Å²) in [4.78, 5) is 28.8. The zero-order valence-electron chi connectivity index (χ0n) is 19.2. The third-order valence-corrected chi connectivity index (χ3v) is 6.11. The van der Waals surface area contributed by atoms with Crippen LogP contribution in [0.4, 0.5) is 13.2 Å². The number of fused-ring (bicyclic) bond motifs is 1. The molecule has 0 saturated carbocycles. The number of nitrogens with zero attached hydrogens (tertiary/aromatic N) is 3. The number of morpholine rings is 1. The van der Waals surface area contributed by atoms with Crippen molar-refractivity contribution in [3.8, 4) is 0 Å². The summed E-state index contributed by atoms with van der Waals surface area (Å²) in [5.74, 6) is -0.567. The molecule has 0 radical (unpaired) electrons. The Labute approximate surface area is 195 Å². The average Bonchev–Trinajstić information content (AvgIpc) is 3.12. The highest BCUT2D eigenvalue weighted by atomic mass is 19.4. The Hall–Kier alpha value is -3.33. The summed E-state index contributed by atoms with van der Waals surface area (Å²) in [6, 6.07) is 9.66. The Morgan fingerprint density at radius 2 is 1.88 bits per heavy atom. The molecular formula is C25H26F3N3O3. The standard InChI is InChI=1S/C25H26F3N3O3/c1-29(2)23(32)17-7-8-22-21(13-17)18(14-30(22)3)12-20-15-34-10-9-31(20)24(33)16-5-4-6-19(11-16)25(26,27)28/h4-8,11,13-14,20H,9-10,12,15H2,1-3H3/t20-/m0/s1. The van der Waals surface area contributed by atoms with E-state index in [9.17, 15) is 22.8 Å². The smallest absolute Gasteiger partial charge is 0.377 e. The van der Waals surface area contributed by atoms with Crippen LogP contribution in [0.15, 0.2) is 48.7 Å². The van der Waals surface area contributed by atoms with Crippen LogP contribution in [0, 0.1) is 0 Å². The highest BCUT2D eigenvalue weighted by molar-refractivity contribution is 5.99. The van der Waals surface area contributed by atoms with Gasteiger partial charge in [-0.25, -0.2) is 0 Å². The topological polar surface area (TPSA) is 54.8 Å². The highest BCUT2D eigenvalue weighted by Crippen LogP contribution is 2.30. The number of aryl methyl sites for hydroxylation is 1. The Bertz CT molecular complexity index is 1230. The van der Waals surface area contributed by atoms with Gasteiger partial charge in [-0.1, -0.05) is 6.07 Å². The number of amides is 2. The van der Waals surface area contributed by atoms with Crippen LogP contribution >= 0.6 is 0 Å². The van der Waals surface area contributed by atoms with Gasteiger partial charge in [0.1, 0.15) is 0 Å². The molecule has 2 aromatic carbocycles. The van der Waals surface area contributed by atoms with Gasteiger partial charge in [0.15, 0.2) is 0 Å². The Balaban J connectivity index is 1.64. The lowest BCUT2D eigenvalue weighted by Crippen LogP contribution is -2.49. The van der Waals surface area contributed by atoms with Gasteiger partial charge >= 0.3 is 6.18 Å². The molecule has 0 unspecified atom stereocenters. The third kappa shape index (κ3) is 4.65. The zero-order valence-corrected chi connectivity index (χ0v) is 19.2. The Morgan fingerprint density at radius 3 is 2.59 bits per heavy atom. The van der Waals surface area contributed by atoms with E-state index < -0.39 is 17.6 Å². The maximum Gasteiger partial charge on any atom is 0.416 e. The predicted molar refractivity (Wildman–Crippen MR) is 122 cm³/mol. The van der Waals surface area contributed by atoms with E-state index in [1.54, 1.807) is 25.1 Å². The van der Waals surface area contributed by atoms with Gasteiger partial charge < -0.3 is 19.1 Å². The number of hydrogen-bond donors (Lipinski definition) is 0. The molecule has 1 atom stereocenters. The van der Waals surface area contributed by atoms with E-state index in [-0.39, 0.29) is 30.7 Å². The molecule has 34 heavy (non-hydrogen) atoms. The average molecular weight is 473 g/mol.